The third kappa shape index (κ3) is 3.27. The molecule has 1 aromatic rings. The number of nitriles is 1. The molecule has 1 aliphatic rings. The highest BCUT2D eigenvalue weighted by atomic mass is 16.5. The minimum atomic E-state index is -0.730. The summed E-state index contributed by atoms with van der Waals surface area (Å²) in [7, 11) is 0. The standard InChI is InChI=1S/C13H16N2O2/c14-9-13(10-16-6-7-17-11-13)15-8-12-4-2-1-3-5-12/h1-5,15H,6-8,10-11H2. The molecule has 0 saturated carbocycles. The van der Waals surface area contributed by atoms with E-state index in [0.717, 1.165) is 5.56 Å². The molecule has 0 bridgehead atoms. The number of nitrogens with zero attached hydrogens (tertiary/aromatic N) is 1. The van der Waals surface area contributed by atoms with Gasteiger partial charge in [-0.2, -0.15) is 5.26 Å². The first-order valence-corrected chi connectivity index (χ1v) is 5.70. The lowest BCUT2D eigenvalue weighted by molar-refractivity contribution is 0.103. The van der Waals surface area contributed by atoms with Crippen molar-refractivity contribution in [2.24, 2.45) is 0 Å². The Kier molecular flexibility index (Phi) is 4.10. The molecule has 4 heteroatoms. The first-order valence-electron chi connectivity index (χ1n) is 5.70. The maximum absolute atomic E-state index is 9.27. The van der Waals surface area contributed by atoms with Gasteiger partial charge < -0.3 is 9.47 Å². The molecule has 0 amide bonds. The van der Waals surface area contributed by atoms with E-state index in [4.69, 9.17) is 9.47 Å². The van der Waals surface area contributed by atoms with E-state index in [-0.39, 0.29) is 0 Å². The molecule has 1 aliphatic heterocycles. The first kappa shape index (κ1) is 12.1. The molecule has 1 N–H and O–H groups in total. The molecule has 0 atom stereocenters. The fourth-order valence-electron chi connectivity index (χ4n) is 1.73. The number of hydrogen-bond acceptors (Lipinski definition) is 4. The third-order valence-corrected chi connectivity index (χ3v) is 2.76. The van der Waals surface area contributed by atoms with Gasteiger partial charge in [0.05, 0.1) is 32.5 Å². The van der Waals surface area contributed by atoms with E-state index >= 15 is 0 Å². The zero-order chi connectivity index (χ0) is 12.0. The molecule has 0 aliphatic carbocycles. The van der Waals surface area contributed by atoms with E-state index in [1.165, 1.54) is 0 Å². The molecule has 2 rings (SSSR count). The number of benzene rings is 1. The maximum atomic E-state index is 9.27. The van der Waals surface area contributed by atoms with Crippen molar-refractivity contribution in [2.45, 2.75) is 12.1 Å². The van der Waals surface area contributed by atoms with Crippen LogP contribution in [-0.2, 0) is 16.0 Å². The van der Waals surface area contributed by atoms with Crippen LogP contribution in [0, 0.1) is 11.3 Å². The van der Waals surface area contributed by atoms with E-state index in [0.29, 0.717) is 33.0 Å². The minimum absolute atomic E-state index is 0.371. The van der Waals surface area contributed by atoms with Gasteiger partial charge in [-0.25, -0.2) is 0 Å². The Morgan fingerprint density at radius 1 is 1.18 bits per heavy atom. The summed E-state index contributed by atoms with van der Waals surface area (Å²) in [5.74, 6) is 0. The van der Waals surface area contributed by atoms with Crippen molar-refractivity contribution in [3.8, 4) is 6.07 Å². The van der Waals surface area contributed by atoms with Gasteiger partial charge in [0.1, 0.15) is 0 Å². The lowest BCUT2D eigenvalue weighted by Gasteiger charge is -2.24. The van der Waals surface area contributed by atoms with Crippen LogP contribution in [0.5, 0.6) is 0 Å². The predicted molar refractivity (Wildman–Crippen MR) is 63.3 cm³/mol. The van der Waals surface area contributed by atoms with Crippen molar-refractivity contribution in [1.29, 1.82) is 5.26 Å². The Morgan fingerprint density at radius 2 is 1.82 bits per heavy atom. The van der Waals surface area contributed by atoms with E-state index in [1.54, 1.807) is 0 Å². The van der Waals surface area contributed by atoms with Crippen LogP contribution in [0.3, 0.4) is 0 Å². The van der Waals surface area contributed by atoms with Gasteiger partial charge in [0.25, 0.3) is 0 Å². The largest absolute Gasteiger partial charge is 0.376 e. The summed E-state index contributed by atoms with van der Waals surface area (Å²) >= 11 is 0. The van der Waals surface area contributed by atoms with Crippen molar-refractivity contribution in [3.63, 3.8) is 0 Å². The molecular weight excluding hydrogens is 216 g/mol. The fourth-order valence-corrected chi connectivity index (χ4v) is 1.73. The molecule has 0 radical (unpaired) electrons. The second kappa shape index (κ2) is 5.78. The summed E-state index contributed by atoms with van der Waals surface area (Å²) in [5, 5.41) is 12.5. The molecule has 90 valence electrons. The van der Waals surface area contributed by atoms with Crippen LogP contribution in [0.25, 0.3) is 0 Å². The predicted octanol–water partition coefficient (Wildman–Crippen LogP) is 1.09. The summed E-state index contributed by atoms with van der Waals surface area (Å²) in [6, 6.07) is 12.3. The highest BCUT2D eigenvalue weighted by molar-refractivity contribution is 5.16. The molecule has 0 spiro atoms. The lowest BCUT2D eigenvalue weighted by Crippen LogP contribution is -2.50. The number of rotatable bonds is 3. The summed E-state index contributed by atoms with van der Waals surface area (Å²) in [6.45, 7) is 2.49. The molecule has 17 heavy (non-hydrogen) atoms. The molecule has 1 aromatic carbocycles. The van der Waals surface area contributed by atoms with Crippen molar-refractivity contribution in [2.75, 3.05) is 26.4 Å². The van der Waals surface area contributed by atoms with Crippen molar-refractivity contribution in [1.82, 2.24) is 5.32 Å². The van der Waals surface area contributed by atoms with E-state index in [9.17, 15) is 5.26 Å². The van der Waals surface area contributed by atoms with Gasteiger partial charge in [0.15, 0.2) is 5.54 Å². The van der Waals surface area contributed by atoms with Gasteiger partial charge in [-0.15, -0.1) is 0 Å². The van der Waals surface area contributed by atoms with Crippen molar-refractivity contribution >= 4 is 0 Å². The Morgan fingerprint density at radius 3 is 2.41 bits per heavy atom. The highest BCUT2D eigenvalue weighted by Crippen LogP contribution is 2.10. The average molecular weight is 232 g/mol. The smallest absolute Gasteiger partial charge is 0.154 e. The maximum Gasteiger partial charge on any atom is 0.154 e. The van der Waals surface area contributed by atoms with Gasteiger partial charge in [0.2, 0.25) is 0 Å². The van der Waals surface area contributed by atoms with E-state index in [2.05, 4.69) is 11.4 Å². The summed E-state index contributed by atoms with van der Waals surface area (Å²) in [4.78, 5) is 0. The van der Waals surface area contributed by atoms with Crippen LogP contribution >= 0.6 is 0 Å². The van der Waals surface area contributed by atoms with Gasteiger partial charge in [-0.1, -0.05) is 30.3 Å². The van der Waals surface area contributed by atoms with Crippen LogP contribution in [-0.4, -0.2) is 32.0 Å². The highest BCUT2D eigenvalue weighted by Gasteiger charge is 2.32. The number of nitrogens with one attached hydrogen (secondary N) is 1. The van der Waals surface area contributed by atoms with E-state index in [1.807, 2.05) is 30.3 Å². The van der Waals surface area contributed by atoms with Crippen LogP contribution in [0.1, 0.15) is 5.56 Å². The Hall–Kier alpha value is -1.41. The molecule has 1 heterocycles. The SMILES string of the molecule is N#CC1(NCc2ccccc2)COCCOC1. The number of hydrogen-bond donors (Lipinski definition) is 1. The second-order valence-corrected chi connectivity index (χ2v) is 4.14. The topological polar surface area (TPSA) is 54.3 Å². The Balaban J connectivity index is 1.97. The molecule has 1 fully saturated rings. The average Bonchev–Trinajstić information content (AvgIpc) is 2.64. The normalized spacial score (nSPS) is 19.2. The number of ether oxygens (including phenoxy) is 2. The van der Waals surface area contributed by atoms with Crippen LogP contribution < -0.4 is 5.32 Å². The third-order valence-electron chi connectivity index (χ3n) is 2.76. The molecule has 0 aromatic heterocycles. The molecule has 4 nitrogen and oxygen atoms in total. The van der Waals surface area contributed by atoms with E-state index < -0.39 is 5.54 Å². The van der Waals surface area contributed by atoms with Crippen LogP contribution in [0.4, 0.5) is 0 Å². The first-order chi connectivity index (χ1) is 8.35. The van der Waals surface area contributed by atoms with Crippen molar-refractivity contribution in [3.05, 3.63) is 35.9 Å². The summed E-state index contributed by atoms with van der Waals surface area (Å²) < 4.78 is 10.8. The van der Waals surface area contributed by atoms with Crippen LogP contribution in [0.15, 0.2) is 30.3 Å². The molecular formula is C13H16N2O2. The second-order valence-electron chi connectivity index (χ2n) is 4.14. The Labute approximate surface area is 101 Å². The van der Waals surface area contributed by atoms with Gasteiger partial charge in [-0.05, 0) is 5.56 Å². The lowest BCUT2D eigenvalue weighted by atomic mass is 10.0. The minimum Gasteiger partial charge on any atom is -0.376 e. The van der Waals surface area contributed by atoms with Crippen molar-refractivity contribution < 1.29 is 9.47 Å². The Bertz CT molecular complexity index is 378. The van der Waals surface area contributed by atoms with Gasteiger partial charge >= 0.3 is 0 Å². The van der Waals surface area contributed by atoms with Gasteiger partial charge in [-0.3, -0.25) is 5.32 Å². The quantitative estimate of drug-likeness (QED) is 0.847. The van der Waals surface area contributed by atoms with Crippen LogP contribution in [0.2, 0.25) is 0 Å². The monoisotopic (exact) mass is 232 g/mol. The zero-order valence-electron chi connectivity index (χ0n) is 9.69. The molecule has 0 unspecified atom stereocenters. The molecule has 1 saturated heterocycles. The summed E-state index contributed by atoms with van der Waals surface area (Å²) in [6.07, 6.45) is 0. The zero-order valence-corrected chi connectivity index (χ0v) is 9.69. The summed E-state index contributed by atoms with van der Waals surface area (Å²) in [5.41, 5.74) is 0.415. The fraction of sp³-hybridized carbons (Fsp3) is 0.462. The van der Waals surface area contributed by atoms with Gasteiger partial charge in [0, 0.05) is 6.54 Å².